The summed E-state index contributed by atoms with van der Waals surface area (Å²) in [6.45, 7) is 2.74. The molecular formula is C23H27N3O3S. The fourth-order valence-electron chi connectivity index (χ4n) is 2.85. The number of nitrogens with one attached hydrogen (secondary N) is 1. The Hall–Kier alpha value is -2.80. The zero-order chi connectivity index (χ0) is 21.2. The number of rotatable bonds is 11. The smallest absolute Gasteiger partial charge is 0.230 e. The molecule has 0 saturated carbocycles. The molecule has 30 heavy (non-hydrogen) atoms. The van der Waals surface area contributed by atoms with Crippen LogP contribution in [0.15, 0.2) is 57.9 Å². The normalized spacial score (nSPS) is 10.7. The van der Waals surface area contributed by atoms with Gasteiger partial charge in [0.1, 0.15) is 5.75 Å². The molecule has 0 unspecified atom stereocenters. The average Bonchev–Trinajstić information content (AvgIpc) is 3.25. The van der Waals surface area contributed by atoms with Gasteiger partial charge in [-0.15, -0.1) is 11.8 Å². The maximum atomic E-state index is 11.9. The standard InChI is InChI=1S/C23H27N3O3S/c1-17-7-13-20(14-8-17)30-16-21(27)24-15-5-3-4-6-22-25-23(26-29-22)18-9-11-19(28-2)12-10-18/h7-14H,3-6,15-16H2,1-2H3,(H,24,27). The minimum Gasteiger partial charge on any atom is -0.497 e. The largest absolute Gasteiger partial charge is 0.497 e. The Balaban J connectivity index is 1.28. The molecule has 0 bridgehead atoms. The molecule has 1 heterocycles. The van der Waals surface area contributed by atoms with Crippen LogP contribution in [0.3, 0.4) is 0 Å². The SMILES string of the molecule is COc1ccc(-c2noc(CCCCCNC(=O)CSc3ccc(C)cc3)n2)cc1. The first-order chi connectivity index (χ1) is 14.6. The van der Waals surface area contributed by atoms with Crippen molar-refractivity contribution in [2.75, 3.05) is 19.4 Å². The molecule has 0 aliphatic carbocycles. The van der Waals surface area contributed by atoms with Crippen LogP contribution in [0.5, 0.6) is 5.75 Å². The highest BCUT2D eigenvalue weighted by Gasteiger charge is 2.09. The highest BCUT2D eigenvalue weighted by atomic mass is 32.2. The maximum Gasteiger partial charge on any atom is 0.230 e. The molecule has 0 aliphatic rings. The Kier molecular flexibility index (Phi) is 8.32. The highest BCUT2D eigenvalue weighted by Crippen LogP contribution is 2.20. The van der Waals surface area contributed by atoms with Crippen LogP contribution in [0.2, 0.25) is 0 Å². The molecule has 0 radical (unpaired) electrons. The second-order valence-electron chi connectivity index (χ2n) is 7.00. The van der Waals surface area contributed by atoms with E-state index in [1.807, 2.05) is 36.4 Å². The summed E-state index contributed by atoms with van der Waals surface area (Å²) in [5.41, 5.74) is 2.12. The lowest BCUT2D eigenvalue weighted by Gasteiger charge is -2.05. The Labute approximate surface area is 181 Å². The highest BCUT2D eigenvalue weighted by molar-refractivity contribution is 8.00. The third-order valence-corrected chi connectivity index (χ3v) is 5.61. The van der Waals surface area contributed by atoms with E-state index < -0.39 is 0 Å². The van der Waals surface area contributed by atoms with Gasteiger partial charge in [-0.2, -0.15) is 4.98 Å². The summed E-state index contributed by atoms with van der Waals surface area (Å²) < 4.78 is 10.5. The summed E-state index contributed by atoms with van der Waals surface area (Å²) in [6.07, 6.45) is 3.60. The lowest BCUT2D eigenvalue weighted by molar-refractivity contribution is -0.118. The molecule has 1 amide bonds. The number of aromatic nitrogens is 2. The zero-order valence-electron chi connectivity index (χ0n) is 17.4. The molecule has 6 nitrogen and oxygen atoms in total. The van der Waals surface area contributed by atoms with E-state index in [-0.39, 0.29) is 5.91 Å². The van der Waals surface area contributed by atoms with Crippen LogP contribution < -0.4 is 10.1 Å². The molecule has 0 aliphatic heterocycles. The van der Waals surface area contributed by atoms with Crippen LogP contribution in [0.4, 0.5) is 0 Å². The van der Waals surface area contributed by atoms with Gasteiger partial charge in [0, 0.05) is 23.4 Å². The van der Waals surface area contributed by atoms with Gasteiger partial charge in [0.05, 0.1) is 12.9 Å². The first kappa shape index (κ1) is 21.9. The number of carbonyl (C=O) groups excluding carboxylic acids is 1. The number of carbonyl (C=O) groups is 1. The Bertz CT molecular complexity index is 924. The number of ether oxygens (including phenoxy) is 1. The van der Waals surface area contributed by atoms with Crippen LogP contribution in [0.1, 0.15) is 30.7 Å². The number of hydrogen-bond acceptors (Lipinski definition) is 6. The fourth-order valence-corrected chi connectivity index (χ4v) is 3.58. The van der Waals surface area contributed by atoms with E-state index in [0.29, 0.717) is 24.0 Å². The van der Waals surface area contributed by atoms with E-state index >= 15 is 0 Å². The molecule has 7 heteroatoms. The molecular weight excluding hydrogens is 398 g/mol. The van der Waals surface area contributed by atoms with Crippen molar-refractivity contribution >= 4 is 17.7 Å². The van der Waals surface area contributed by atoms with Gasteiger partial charge in [0.2, 0.25) is 17.6 Å². The van der Waals surface area contributed by atoms with Gasteiger partial charge in [0.15, 0.2) is 0 Å². The molecule has 0 atom stereocenters. The molecule has 1 N–H and O–H groups in total. The van der Waals surface area contributed by atoms with Gasteiger partial charge in [0.25, 0.3) is 0 Å². The van der Waals surface area contributed by atoms with Crippen LogP contribution >= 0.6 is 11.8 Å². The second-order valence-corrected chi connectivity index (χ2v) is 8.05. The summed E-state index contributed by atoms with van der Waals surface area (Å²) in [5, 5.41) is 7.02. The zero-order valence-corrected chi connectivity index (χ0v) is 18.2. The van der Waals surface area contributed by atoms with Crippen molar-refractivity contribution in [2.45, 2.75) is 37.5 Å². The minimum absolute atomic E-state index is 0.0709. The van der Waals surface area contributed by atoms with Gasteiger partial charge in [-0.05, 0) is 56.2 Å². The fraction of sp³-hybridized carbons (Fsp3) is 0.348. The van der Waals surface area contributed by atoms with E-state index in [1.54, 1.807) is 18.9 Å². The Morgan fingerprint density at radius 2 is 1.83 bits per heavy atom. The Morgan fingerprint density at radius 3 is 2.57 bits per heavy atom. The number of aryl methyl sites for hydroxylation is 2. The van der Waals surface area contributed by atoms with Gasteiger partial charge in [-0.25, -0.2) is 0 Å². The van der Waals surface area contributed by atoms with Crippen LogP contribution in [-0.2, 0) is 11.2 Å². The number of nitrogens with zero attached hydrogens (tertiary/aromatic N) is 2. The van der Waals surface area contributed by atoms with Crippen LogP contribution in [0, 0.1) is 6.92 Å². The predicted octanol–water partition coefficient (Wildman–Crippen LogP) is 4.67. The van der Waals surface area contributed by atoms with Crippen LogP contribution in [-0.4, -0.2) is 35.5 Å². The van der Waals surface area contributed by atoms with Crippen molar-refractivity contribution in [2.24, 2.45) is 0 Å². The summed E-state index contributed by atoms with van der Waals surface area (Å²) >= 11 is 1.56. The van der Waals surface area contributed by atoms with Crippen molar-refractivity contribution in [3.63, 3.8) is 0 Å². The van der Waals surface area contributed by atoms with Crippen LogP contribution in [0.25, 0.3) is 11.4 Å². The van der Waals surface area contributed by atoms with Crippen molar-refractivity contribution in [3.05, 3.63) is 60.0 Å². The van der Waals surface area contributed by atoms with Crippen molar-refractivity contribution in [1.29, 1.82) is 0 Å². The average molecular weight is 426 g/mol. The van der Waals surface area contributed by atoms with E-state index in [9.17, 15) is 4.79 Å². The molecule has 3 rings (SSSR count). The number of thioether (sulfide) groups is 1. The molecule has 2 aromatic carbocycles. The molecule has 0 spiro atoms. The first-order valence-corrected chi connectivity index (χ1v) is 11.1. The lowest BCUT2D eigenvalue weighted by Crippen LogP contribution is -2.26. The topological polar surface area (TPSA) is 77.3 Å². The molecule has 0 saturated heterocycles. The van der Waals surface area contributed by atoms with E-state index in [2.05, 4.69) is 34.5 Å². The second kappa shape index (κ2) is 11.4. The molecule has 0 fully saturated rings. The summed E-state index contributed by atoms with van der Waals surface area (Å²) in [4.78, 5) is 17.5. The quantitative estimate of drug-likeness (QED) is 0.355. The number of methoxy groups -OCH3 is 1. The van der Waals surface area contributed by atoms with Crippen molar-refractivity contribution in [1.82, 2.24) is 15.5 Å². The summed E-state index contributed by atoms with van der Waals surface area (Å²) in [5.74, 6) is 2.54. The monoisotopic (exact) mass is 425 g/mol. The van der Waals surface area contributed by atoms with Gasteiger partial charge >= 0.3 is 0 Å². The van der Waals surface area contributed by atoms with Gasteiger partial charge in [-0.1, -0.05) is 29.3 Å². The number of benzene rings is 2. The number of unbranched alkanes of at least 4 members (excludes halogenated alkanes) is 2. The van der Waals surface area contributed by atoms with E-state index in [4.69, 9.17) is 9.26 Å². The molecule has 3 aromatic rings. The minimum atomic E-state index is 0.0709. The molecule has 1 aromatic heterocycles. The first-order valence-electron chi connectivity index (χ1n) is 10.1. The van der Waals surface area contributed by atoms with Crippen molar-refractivity contribution in [3.8, 4) is 17.1 Å². The molecule has 158 valence electrons. The third-order valence-electron chi connectivity index (χ3n) is 4.60. The van der Waals surface area contributed by atoms with E-state index in [1.165, 1.54) is 5.56 Å². The summed E-state index contributed by atoms with van der Waals surface area (Å²) in [7, 11) is 1.64. The lowest BCUT2D eigenvalue weighted by atomic mass is 10.2. The summed E-state index contributed by atoms with van der Waals surface area (Å²) in [6, 6.07) is 15.8. The van der Waals surface area contributed by atoms with Crippen molar-refractivity contribution < 1.29 is 14.1 Å². The third kappa shape index (κ3) is 6.91. The van der Waals surface area contributed by atoms with E-state index in [0.717, 1.165) is 41.9 Å². The predicted molar refractivity (Wildman–Crippen MR) is 119 cm³/mol. The Morgan fingerprint density at radius 1 is 1.07 bits per heavy atom. The van der Waals surface area contributed by atoms with Gasteiger partial charge in [-0.3, -0.25) is 4.79 Å². The number of amides is 1. The van der Waals surface area contributed by atoms with Gasteiger partial charge < -0.3 is 14.6 Å². The number of hydrogen-bond donors (Lipinski definition) is 1. The maximum absolute atomic E-state index is 11.9.